The van der Waals surface area contributed by atoms with Gasteiger partial charge in [0.2, 0.25) is 5.91 Å². The van der Waals surface area contributed by atoms with E-state index in [1.165, 1.54) is 9.71 Å². The normalized spacial score (nSPS) is 18.0. The Kier molecular flexibility index (Phi) is 4.58. The van der Waals surface area contributed by atoms with Gasteiger partial charge in [0.05, 0.1) is 21.3 Å². The zero-order valence-corrected chi connectivity index (χ0v) is 13.8. The summed E-state index contributed by atoms with van der Waals surface area (Å²) >= 11 is 1.76. The van der Waals surface area contributed by atoms with Gasteiger partial charge in [-0.1, -0.05) is 12.1 Å². The number of amides is 3. The summed E-state index contributed by atoms with van der Waals surface area (Å²) in [7, 11) is 0. The maximum absolute atomic E-state index is 11.9. The maximum atomic E-state index is 11.9. The average Bonchev–Trinajstić information content (AvgIpc) is 2.97. The molecule has 3 amide bonds. The molecule has 2 heterocycles. The molecule has 1 aromatic heterocycles. The number of benzene rings is 1. The highest BCUT2D eigenvalue weighted by Gasteiger charge is 2.29. The number of hydrogen-bond acceptors (Lipinski definition) is 5. The molecule has 7 heteroatoms. The second-order valence-corrected chi connectivity index (χ2v) is 6.92. The van der Waals surface area contributed by atoms with Crippen molar-refractivity contribution >= 4 is 33.5 Å². The molecule has 1 atom stereocenters. The Morgan fingerprint density at radius 3 is 2.70 bits per heavy atom. The number of hydrogen-bond donors (Lipinski definition) is 2. The van der Waals surface area contributed by atoms with E-state index in [4.69, 9.17) is 10.7 Å². The molecule has 23 heavy (non-hydrogen) atoms. The fraction of sp³-hybridized carbons (Fsp3) is 0.438. The number of nitrogens with zero attached hydrogens (tertiary/aromatic N) is 2. The fourth-order valence-corrected chi connectivity index (χ4v) is 4.13. The lowest BCUT2D eigenvalue weighted by atomic mass is 9.96. The third kappa shape index (κ3) is 3.51. The van der Waals surface area contributed by atoms with Crippen molar-refractivity contribution in [3.63, 3.8) is 0 Å². The topological polar surface area (TPSA) is 88.3 Å². The second kappa shape index (κ2) is 6.64. The minimum absolute atomic E-state index is 0.337. The number of primary amides is 1. The van der Waals surface area contributed by atoms with Crippen LogP contribution >= 0.6 is 11.3 Å². The van der Waals surface area contributed by atoms with Crippen molar-refractivity contribution in [3.8, 4) is 0 Å². The van der Waals surface area contributed by atoms with Crippen LogP contribution in [0.15, 0.2) is 24.3 Å². The Morgan fingerprint density at radius 2 is 2.04 bits per heavy atom. The summed E-state index contributed by atoms with van der Waals surface area (Å²) in [4.78, 5) is 29.5. The number of aromatic nitrogens is 1. The van der Waals surface area contributed by atoms with Crippen molar-refractivity contribution in [2.45, 2.75) is 31.7 Å². The molecule has 122 valence electrons. The summed E-state index contributed by atoms with van der Waals surface area (Å²) in [6.07, 6.45) is 1.93. The first-order valence-corrected chi connectivity index (χ1v) is 8.56. The first-order valence-electron chi connectivity index (χ1n) is 7.74. The van der Waals surface area contributed by atoms with E-state index in [0.717, 1.165) is 31.4 Å². The van der Waals surface area contributed by atoms with Gasteiger partial charge in [0.25, 0.3) is 0 Å². The zero-order valence-electron chi connectivity index (χ0n) is 13.0. The standard InChI is InChI=1S/C16H20N4O2S/c1-10(14(21)19-16(17)22)20-8-6-11(7-9-20)15-18-12-4-2-3-5-13(12)23-15/h2-5,10-11H,6-9H2,1H3,(H3,17,19,21,22)/t10-/m1/s1. The molecule has 0 aliphatic carbocycles. The lowest BCUT2D eigenvalue weighted by molar-refractivity contribution is -0.125. The first kappa shape index (κ1) is 15.9. The van der Waals surface area contributed by atoms with Crippen LogP contribution in [-0.4, -0.2) is 41.0 Å². The molecule has 0 unspecified atom stereocenters. The van der Waals surface area contributed by atoms with Crippen molar-refractivity contribution in [2.24, 2.45) is 5.73 Å². The highest BCUT2D eigenvalue weighted by Crippen LogP contribution is 2.34. The highest BCUT2D eigenvalue weighted by atomic mass is 32.1. The molecule has 1 saturated heterocycles. The summed E-state index contributed by atoms with van der Waals surface area (Å²) in [5, 5.41) is 3.33. The second-order valence-electron chi connectivity index (χ2n) is 5.86. The molecule has 1 aromatic carbocycles. The van der Waals surface area contributed by atoms with Crippen LogP contribution in [0.5, 0.6) is 0 Å². The van der Waals surface area contributed by atoms with E-state index in [9.17, 15) is 9.59 Å². The molecule has 1 aliphatic heterocycles. The number of rotatable bonds is 3. The van der Waals surface area contributed by atoms with Crippen LogP contribution in [0.3, 0.4) is 0 Å². The van der Waals surface area contributed by atoms with E-state index in [-0.39, 0.29) is 11.9 Å². The molecule has 0 radical (unpaired) electrons. The molecule has 1 fully saturated rings. The van der Waals surface area contributed by atoms with Crippen LogP contribution in [0, 0.1) is 0 Å². The maximum Gasteiger partial charge on any atom is 0.318 e. The molecular weight excluding hydrogens is 312 g/mol. The number of piperidine rings is 1. The van der Waals surface area contributed by atoms with Gasteiger partial charge in [-0.3, -0.25) is 15.0 Å². The molecular formula is C16H20N4O2S. The molecule has 3 N–H and O–H groups in total. The minimum atomic E-state index is -0.800. The highest BCUT2D eigenvalue weighted by molar-refractivity contribution is 7.18. The van der Waals surface area contributed by atoms with Crippen molar-refractivity contribution in [3.05, 3.63) is 29.3 Å². The largest absolute Gasteiger partial charge is 0.351 e. The molecule has 2 aromatic rings. The van der Waals surface area contributed by atoms with Gasteiger partial charge in [-0.25, -0.2) is 9.78 Å². The van der Waals surface area contributed by atoms with E-state index in [0.29, 0.717) is 5.92 Å². The third-order valence-electron chi connectivity index (χ3n) is 4.36. The van der Waals surface area contributed by atoms with E-state index < -0.39 is 6.03 Å². The number of imide groups is 1. The summed E-state index contributed by atoms with van der Waals surface area (Å²) in [6.45, 7) is 3.43. The van der Waals surface area contributed by atoms with Gasteiger partial charge in [-0.2, -0.15) is 0 Å². The van der Waals surface area contributed by atoms with Gasteiger partial charge in [0, 0.05) is 5.92 Å². The van der Waals surface area contributed by atoms with Gasteiger partial charge in [0.1, 0.15) is 0 Å². The third-order valence-corrected chi connectivity index (χ3v) is 5.56. The van der Waals surface area contributed by atoms with Crippen molar-refractivity contribution in [2.75, 3.05) is 13.1 Å². The van der Waals surface area contributed by atoms with E-state index in [2.05, 4.69) is 16.3 Å². The molecule has 0 bridgehead atoms. The molecule has 3 rings (SSSR count). The lowest BCUT2D eigenvalue weighted by Crippen LogP contribution is -2.50. The number of carbonyl (C=O) groups excluding carboxylic acids is 2. The van der Waals surface area contributed by atoms with Gasteiger partial charge < -0.3 is 5.73 Å². The number of nitrogens with two attached hydrogens (primary N) is 1. The summed E-state index contributed by atoms with van der Waals surface area (Å²) < 4.78 is 1.22. The predicted molar refractivity (Wildman–Crippen MR) is 90.4 cm³/mol. The average molecular weight is 332 g/mol. The number of thiazole rings is 1. The zero-order chi connectivity index (χ0) is 16.4. The molecule has 0 spiro atoms. The predicted octanol–water partition coefficient (Wildman–Crippen LogP) is 2.06. The summed E-state index contributed by atoms with van der Waals surface area (Å²) in [6, 6.07) is 7.03. The SMILES string of the molecule is C[C@H](C(=O)NC(N)=O)N1CCC(c2nc3ccccc3s2)CC1. The summed E-state index contributed by atoms with van der Waals surface area (Å²) in [5.41, 5.74) is 6.06. The van der Waals surface area contributed by atoms with Crippen molar-refractivity contribution < 1.29 is 9.59 Å². The van der Waals surface area contributed by atoms with Gasteiger partial charge in [0.15, 0.2) is 0 Å². The van der Waals surface area contributed by atoms with Gasteiger partial charge in [-0.05, 0) is 45.0 Å². The quantitative estimate of drug-likeness (QED) is 0.900. The minimum Gasteiger partial charge on any atom is -0.351 e. The van der Waals surface area contributed by atoms with Crippen molar-refractivity contribution in [1.82, 2.24) is 15.2 Å². The van der Waals surface area contributed by atoms with Crippen LogP contribution in [0.4, 0.5) is 4.79 Å². The molecule has 1 aliphatic rings. The number of urea groups is 1. The van der Waals surface area contributed by atoms with E-state index >= 15 is 0 Å². The van der Waals surface area contributed by atoms with Crippen LogP contribution in [0.25, 0.3) is 10.2 Å². The Labute approximate surface area is 138 Å². The Hall–Kier alpha value is -1.99. The number of carbonyl (C=O) groups is 2. The number of fused-ring (bicyclic) bond motifs is 1. The van der Waals surface area contributed by atoms with Crippen LogP contribution in [-0.2, 0) is 4.79 Å². The molecule has 0 saturated carbocycles. The first-order chi connectivity index (χ1) is 11.0. The Morgan fingerprint density at radius 1 is 1.35 bits per heavy atom. The van der Waals surface area contributed by atoms with E-state index in [1.54, 1.807) is 18.3 Å². The monoisotopic (exact) mass is 332 g/mol. The number of nitrogens with one attached hydrogen (secondary N) is 1. The summed E-state index contributed by atoms with van der Waals surface area (Å²) in [5.74, 6) is 0.103. The van der Waals surface area contributed by atoms with E-state index in [1.807, 2.05) is 18.2 Å². The van der Waals surface area contributed by atoms with Crippen LogP contribution < -0.4 is 11.1 Å². The van der Waals surface area contributed by atoms with Crippen LogP contribution in [0.1, 0.15) is 30.7 Å². The van der Waals surface area contributed by atoms with Crippen molar-refractivity contribution in [1.29, 1.82) is 0 Å². The Balaban J connectivity index is 1.61. The number of para-hydroxylation sites is 1. The smallest absolute Gasteiger partial charge is 0.318 e. The molecule has 6 nitrogen and oxygen atoms in total. The van der Waals surface area contributed by atoms with Crippen LogP contribution in [0.2, 0.25) is 0 Å². The Bertz CT molecular complexity index is 689. The van der Waals surface area contributed by atoms with Gasteiger partial charge in [-0.15, -0.1) is 11.3 Å². The number of likely N-dealkylation sites (tertiary alicyclic amines) is 1. The fourth-order valence-electron chi connectivity index (χ4n) is 2.99. The van der Waals surface area contributed by atoms with Gasteiger partial charge >= 0.3 is 6.03 Å². The lowest BCUT2D eigenvalue weighted by Gasteiger charge is -2.34.